The Hall–Kier alpha value is -4.92. The van der Waals surface area contributed by atoms with Crippen LogP contribution in [0, 0.1) is 5.82 Å². The smallest absolute Gasteiger partial charge is 0.287 e. The molecule has 9 heteroatoms. The number of anilines is 1. The van der Waals surface area contributed by atoms with Crippen LogP contribution in [-0.2, 0) is 11.3 Å². The minimum Gasteiger partial charge on any atom is -0.485 e. The predicted octanol–water partition coefficient (Wildman–Crippen LogP) is 5.10. The summed E-state index contributed by atoms with van der Waals surface area (Å²) in [6.45, 7) is 1.43. The van der Waals surface area contributed by atoms with Gasteiger partial charge in [-0.3, -0.25) is 19.3 Å². The summed E-state index contributed by atoms with van der Waals surface area (Å²) in [5, 5.41) is 2.90. The van der Waals surface area contributed by atoms with Crippen LogP contribution < -0.4 is 19.7 Å². The summed E-state index contributed by atoms with van der Waals surface area (Å²) in [6, 6.07) is 22.8. The van der Waals surface area contributed by atoms with Gasteiger partial charge < -0.3 is 19.2 Å². The normalized spacial score (nSPS) is 13.3. The van der Waals surface area contributed by atoms with Crippen molar-refractivity contribution >= 4 is 23.3 Å². The van der Waals surface area contributed by atoms with Crippen molar-refractivity contribution < 1.29 is 32.7 Å². The van der Waals surface area contributed by atoms with E-state index in [0.717, 1.165) is 5.56 Å². The van der Waals surface area contributed by atoms with Crippen LogP contribution in [0.15, 0.2) is 89.3 Å². The van der Waals surface area contributed by atoms with Gasteiger partial charge in [0.05, 0.1) is 18.3 Å². The molecule has 1 aliphatic rings. The SMILES string of the molecule is C[C@H](NC(=O)c1ccc(CN2C(=O)COc3ccc(C(=O)COc4cccc(F)c4)cc32)o1)c1ccccc1. The molecule has 1 N–H and O–H groups in total. The lowest BCUT2D eigenvalue weighted by Gasteiger charge is -2.29. The second kappa shape index (κ2) is 11.2. The third-order valence-corrected chi connectivity index (χ3v) is 6.24. The van der Waals surface area contributed by atoms with Crippen molar-refractivity contribution in [2.45, 2.75) is 19.5 Å². The van der Waals surface area contributed by atoms with E-state index >= 15 is 0 Å². The number of ether oxygens (including phenoxy) is 2. The number of nitrogens with one attached hydrogen (secondary N) is 1. The minimum atomic E-state index is -0.468. The van der Waals surface area contributed by atoms with Crippen LogP contribution in [0.25, 0.3) is 0 Å². The van der Waals surface area contributed by atoms with E-state index in [4.69, 9.17) is 13.9 Å². The molecule has 1 aromatic heterocycles. The standard InChI is InChI=1S/C30H25FN2O6/c1-19(20-6-3-2-4-7-20)32-30(36)28-13-11-24(39-28)16-33-25-14-21(10-12-27(25)38-18-29(33)35)26(34)17-37-23-9-5-8-22(31)15-23/h2-15,19H,16-18H2,1H3,(H,32,36)/t19-/m0/s1. The Bertz CT molecular complexity index is 1520. The van der Waals surface area contributed by atoms with Crippen LogP contribution in [0.2, 0.25) is 0 Å². The first-order valence-electron chi connectivity index (χ1n) is 12.3. The number of ketones is 1. The zero-order valence-corrected chi connectivity index (χ0v) is 21.1. The fourth-order valence-electron chi connectivity index (χ4n) is 4.17. The molecule has 0 radical (unpaired) electrons. The number of fused-ring (bicyclic) bond motifs is 1. The molecule has 4 aromatic rings. The van der Waals surface area contributed by atoms with Gasteiger partial charge in [-0.1, -0.05) is 36.4 Å². The number of hydrogen-bond acceptors (Lipinski definition) is 6. The molecule has 1 aliphatic heterocycles. The zero-order chi connectivity index (χ0) is 27.4. The van der Waals surface area contributed by atoms with Gasteiger partial charge in [0.1, 0.15) is 23.1 Å². The van der Waals surface area contributed by atoms with E-state index < -0.39 is 5.82 Å². The summed E-state index contributed by atoms with van der Waals surface area (Å²) in [4.78, 5) is 39.7. The van der Waals surface area contributed by atoms with Crippen LogP contribution in [0.1, 0.15) is 45.2 Å². The van der Waals surface area contributed by atoms with Gasteiger partial charge in [0.15, 0.2) is 24.8 Å². The Labute approximate surface area is 223 Å². The highest BCUT2D eigenvalue weighted by Gasteiger charge is 2.28. The second-order valence-corrected chi connectivity index (χ2v) is 8.99. The Balaban J connectivity index is 1.28. The molecule has 3 aromatic carbocycles. The van der Waals surface area contributed by atoms with E-state index in [1.807, 2.05) is 37.3 Å². The number of carbonyl (C=O) groups excluding carboxylic acids is 3. The van der Waals surface area contributed by atoms with E-state index in [1.165, 1.54) is 23.1 Å². The first-order valence-corrected chi connectivity index (χ1v) is 12.3. The molecular weight excluding hydrogens is 503 g/mol. The molecule has 0 fully saturated rings. The highest BCUT2D eigenvalue weighted by Crippen LogP contribution is 2.34. The van der Waals surface area contributed by atoms with Crippen LogP contribution in [0.3, 0.4) is 0 Å². The van der Waals surface area contributed by atoms with Crippen molar-refractivity contribution in [1.82, 2.24) is 5.32 Å². The van der Waals surface area contributed by atoms with E-state index in [2.05, 4.69) is 5.32 Å². The van der Waals surface area contributed by atoms with Gasteiger partial charge in [-0.05, 0) is 55.0 Å². The van der Waals surface area contributed by atoms with Gasteiger partial charge in [0.25, 0.3) is 11.8 Å². The molecule has 0 unspecified atom stereocenters. The zero-order valence-electron chi connectivity index (χ0n) is 21.1. The van der Waals surface area contributed by atoms with Crippen LogP contribution >= 0.6 is 0 Å². The van der Waals surface area contributed by atoms with Crippen molar-refractivity contribution in [1.29, 1.82) is 0 Å². The molecule has 0 bridgehead atoms. The predicted molar refractivity (Wildman–Crippen MR) is 140 cm³/mol. The maximum atomic E-state index is 13.4. The van der Waals surface area contributed by atoms with Crippen molar-refractivity contribution in [2.75, 3.05) is 18.1 Å². The van der Waals surface area contributed by atoms with Crippen molar-refractivity contribution in [3.05, 3.63) is 113 Å². The molecule has 5 rings (SSSR count). The molecule has 198 valence electrons. The second-order valence-electron chi connectivity index (χ2n) is 8.99. The maximum Gasteiger partial charge on any atom is 0.287 e. The summed E-state index contributed by atoms with van der Waals surface area (Å²) in [5.74, 6) is -0.364. The Morgan fingerprint density at radius 3 is 2.64 bits per heavy atom. The number of Topliss-reactive ketones (excluding diaryl/α,β-unsaturated/α-hetero) is 1. The lowest BCUT2D eigenvalue weighted by Crippen LogP contribution is -2.38. The summed E-state index contributed by atoms with van der Waals surface area (Å²) in [7, 11) is 0. The van der Waals surface area contributed by atoms with E-state index in [0.29, 0.717) is 22.8 Å². The van der Waals surface area contributed by atoms with Gasteiger partial charge >= 0.3 is 0 Å². The van der Waals surface area contributed by atoms with Crippen molar-refractivity contribution in [2.24, 2.45) is 0 Å². The van der Waals surface area contributed by atoms with E-state index in [9.17, 15) is 18.8 Å². The highest BCUT2D eigenvalue weighted by molar-refractivity contribution is 6.02. The molecule has 2 amide bonds. The molecular formula is C30H25FN2O6. The summed E-state index contributed by atoms with van der Waals surface area (Å²) < 4.78 is 30.1. The van der Waals surface area contributed by atoms with Crippen LogP contribution in [0.4, 0.5) is 10.1 Å². The Morgan fingerprint density at radius 1 is 1.03 bits per heavy atom. The van der Waals surface area contributed by atoms with Gasteiger partial charge in [-0.25, -0.2) is 4.39 Å². The molecule has 0 saturated heterocycles. The number of halogens is 1. The summed E-state index contributed by atoms with van der Waals surface area (Å²) >= 11 is 0. The van der Waals surface area contributed by atoms with Crippen LogP contribution in [-0.4, -0.2) is 30.8 Å². The van der Waals surface area contributed by atoms with Gasteiger partial charge in [0.2, 0.25) is 0 Å². The average molecular weight is 529 g/mol. The average Bonchev–Trinajstić information content (AvgIpc) is 3.42. The largest absolute Gasteiger partial charge is 0.485 e. The van der Waals surface area contributed by atoms with Gasteiger partial charge in [0, 0.05) is 11.6 Å². The lowest BCUT2D eigenvalue weighted by molar-refractivity contribution is -0.121. The molecule has 0 saturated carbocycles. The quantitative estimate of drug-likeness (QED) is 0.304. The monoisotopic (exact) mass is 528 g/mol. The molecule has 2 heterocycles. The molecule has 0 spiro atoms. The number of nitrogens with zero attached hydrogens (tertiary/aromatic N) is 1. The third-order valence-electron chi connectivity index (χ3n) is 6.24. The number of carbonyl (C=O) groups is 3. The summed E-state index contributed by atoms with van der Waals surface area (Å²) in [6.07, 6.45) is 0. The molecule has 8 nitrogen and oxygen atoms in total. The molecule has 1 atom stereocenters. The topological polar surface area (TPSA) is 98.1 Å². The number of benzene rings is 3. The fraction of sp³-hybridized carbons (Fsp3) is 0.167. The van der Waals surface area contributed by atoms with Crippen molar-refractivity contribution in [3.63, 3.8) is 0 Å². The first kappa shape index (κ1) is 25.7. The third kappa shape index (κ3) is 5.98. The number of hydrogen-bond donors (Lipinski definition) is 1. The minimum absolute atomic E-state index is 0.0359. The van der Waals surface area contributed by atoms with Crippen molar-refractivity contribution in [3.8, 4) is 11.5 Å². The maximum absolute atomic E-state index is 13.4. The lowest BCUT2D eigenvalue weighted by atomic mass is 10.1. The van der Waals surface area contributed by atoms with Gasteiger partial charge in [-0.2, -0.15) is 0 Å². The highest BCUT2D eigenvalue weighted by atomic mass is 19.1. The van der Waals surface area contributed by atoms with Gasteiger partial charge in [-0.15, -0.1) is 0 Å². The Kier molecular flexibility index (Phi) is 7.40. The number of furan rings is 1. The fourth-order valence-corrected chi connectivity index (χ4v) is 4.17. The number of rotatable bonds is 9. The van der Waals surface area contributed by atoms with Crippen LogP contribution in [0.5, 0.6) is 11.5 Å². The number of amides is 2. The molecule has 39 heavy (non-hydrogen) atoms. The summed E-state index contributed by atoms with van der Waals surface area (Å²) in [5.41, 5.74) is 1.64. The first-order chi connectivity index (χ1) is 18.9. The molecule has 0 aliphatic carbocycles. The van der Waals surface area contributed by atoms with E-state index in [1.54, 1.807) is 36.4 Å². The van der Waals surface area contributed by atoms with E-state index in [-0.39, 0.29) is 54.9 Å². The Morgan fingerprint density at radius 2 is 1.85 bits per heavy atom.